The number of carbonyl (C=O) groups excluding carboxylic acids is 1. The molecule has 0 aromatic heterocycles. The van der Waals surface area contributed by atoms with E-state index in [-0.39, 0.29) is 18.6 Å². The molecule has 1 amide bonds. The van der Waals surface area contributed by atoms with Gasteiger partial charge in [-0.25, -0.2) is 0 Å². The first kappa shape index (κ1) is 14.7. The van der Waals surface area contributed by atoms with Crippen LogP contribution in [0.4, 0.5) is 11.4 Å². The molecule has 0 saturated heterocycles. The molecule has 1 aliphatic carbocycles. The van der Waals surface area contributed by atoms with E-state index in [9.17, 15) is 4.79 Å². The summed E-state index contributed by atoms with van der Waals surface area (Å²) < 4.78 is 10.8. The number of nitrogens with one attached hydrogen (secondary N) is 1. The molecule has 1 aromatic carbocycles. The number of nitrogen functional groups attached to an aromatic ring is 1. The van der Waals surface area contributed by atoms with Crippen molar-refractivity contribution in [3.63, 3.8) is 0 Å². The zero-order chi connectivity index (χ0) is 14.4. The maximum Gasteiger partial charge on any atom is 0.250 e. The van der Waals surface area contributed by atoms with Crippen molar-refractivity contribution in [1.29, 1.82) is 0 Å². The van der Waals surface area contributed by atoms with Gasteiger partial charge in [0.15, 0.2) is 0 Å². The zero-order valence-electron chi connectivity index (χ0n) is 11.9. The van der Waals surface area contributed by atoms with Crippen molar-refractivity contribution in [2.75, 3.05) is 24.8 Å². The van der Waals surface area contributed by atoms with Gasteiger partial charge in [-0.3, -0.25) is 4.79 Å². The summed E-state index contributed by atoms with van der Waals surface area (Å²) >= 11 is 0. The number of amides is 1. The predicted octanol–water partition coefficient (Wildman–Crippen LogP) is 2.57. The van der Waals surface area contributed by atoms with E-state index in [1.165, 1.54) is 19.3 Å². The highest BCUT2D eigenvalue weighted by molar-refractivity contribution is 5.93. The van der Waals surface area contributed by atoms with Crippen LogP contribution in [0.3, 0.4) is 0 Å². The lowest BCUT2D eigenvalue weighted by atomic mass is 9.98. The summed E-state index contributed by atoms with van der Waals surface area (Å²) in [6.07, 6.45) is 5.97. The second kappa shape index (κ2) is 7.14. The third-order valence-electron chi connectivity index (χ3n) is 3.50. The molecule has 5 heteroatoms. The predicted molar refractivity (Wildman–Crippen MR) is 78.9 cm³/mol. The fourth-order valence-corrected chi connectivity index (χ4v) is 2.43. The standard InChI is InChI=1S/C15H22N2O3/c1-19-14-8-7-11(16)9-13(14)17-15(18)10-20-12-5-3-2-4-6-12/h7-9,12H,2-6,10,16H2,1H3,(H,17,18). The van der Waals surface area contributed by atoms with Gasteiger partial charge in [-0.15, -0.1) is 0 Å². The maximum atomic E-state index is 11.9. The van der Waals surface area contributed by atoms with Gasteiger partial charge in [-0.05, 0) is 31.0 Å². The van der Waals surface area contributed by atoms with Crippen molar-refractivity contribution in [2.45, 2.75) is 38.2 Å². The van der Waals surface area contributed by atoms with Gasteiger partial charge in [0, 0.05) is 5.69 Å². The van der Waals surface area contributed by atoms with E-state index >= 15 is 0 Å². The van der Waals surface area contributed by atoms with Crippen molar-refractivity contribution in [3.05, 3.63) is 18.2 Å². The molecule has 2 rings (SSSR count). The molecule has 1 saturated carbocycles. The smallest absolute Gasteiger partial charge is 0.250 e. The number of anilines is 2. The number of carbonyl (C=O) groups is 1. The van der Waals surface area contributed by atoms with E-state index in [0.29, 0.717) is 17.1 Å². The van der Waals surface area contributed by atoms with Crippen LogP contribution < -0.4 is 15.8 Å². The summed E-state index contributed by atoms with van der Waals surface area (Å²) in [6.45, 7) is 0.0720. The minimum atomic E-state index is -0.181. The van der Waals surface area contributed by atoms with E-state index in [1.807, 2.05) is 0 Å². The van der Waals surface area contributed by atoms with Crippen LogP contribution in [0.5, 0.6) is 5.75 Å². The second-order valence-electron chi connectivity index (χ2n) is 5.08. The number of benzene rings is 1. The summed E-state index contributed by atoms with van der Waals surface area (Å²) in [6, 6.07) is 5.14. The van der Waals surface area contributed by atoms with Crippen molar-refractivity contribution >= 4 is 17.3 Å². The molecule has 3 N–H and O–H groups in total. The van der Waals surface area contributed by atoms with Crippen molar-refractivity contribution < 1.29 is 14.3 Å². The molecule has 0 bridgehead atoms. The quantitative estimate of drug-likeness (QED) is 0.812. The summed E-state index contributed by atoms with van der Waals surface area (Å²) in [5.74, 6) is 0.407. The SMILES string of the molecule is COc1ccc(N)cc1NC(=O)COC1CCCCC1. The largest absolute Gasteiger partial charge is 0.495 e. The Morgan fingerprint density at radius 2 is 2.10 bits per heavy atom. The van der Waals surface area contributed by atoms with Crippen LogP contribution in [0.2, 0.25) is 0 Å². The minimum Gasteiger partial charge on any atom is -0.495 e. The number of hydrogen-bond acceptors (Lipinski definition) is 4. The second-order valence-corrected chi connectivity index (χ2v) is 5.08. The molecule has 110 valence electrons. The van der Waals surface area contributed by atoms with E-state index in [0.717, 1.165) is 12.8 Å². The molecule has 1 aliphatic rings. The van der Waals surface area contributed by atoms with Crippen molar-refractivity contribution in [3.8, 4) is 5.75 Å². The first-order valence-electron chi connectivity index (χ1n) is 7.04. The highest BCUT2D eigenvalue weighted by Gasteiger charge is 2.15. The first-order chi connectivity index (χ1) is 9.69. The Kier molecular flexibility index (Phi) is 5.24. The third-order valence-corrected chi connectivity index (χ3v) is 3.50. The van der Waals surface area contributed by atoms with Gasteiger partial charge in [0.2, 0.25) is 5.91 Å². The van der Waals surface area contributed by atoms with Gasteiger partial charge in [0.05, 0.1) is 18.9 Å². The molecular weight excluding hydrogens is 256 g/mol. The van der Waals surface area contributed by atoms with Crippen LogP contribution in [0, 0.1) is 0 Å². The number of methoxy groups -OCH3 is 1. The van der Waals surface area contributed by atoms with Crippen molar-refractivity contribution in [2.24, 2.45) is 0 Å². The average molecular weight is 278 g/mol. The van der Waals surface area contributed by atoms with Gasteiger partial charge in [-0.2, -0.15) is 0 Å². The van der Waals surface area contributed by atoms with E-state index in [4.69, 9.17) is 15.2 Å². The van der Waals surface area contributed by atoms with Crippen LogP contribution in [0.15, 0.2) is 18.2 Å². The Bertz CT molecular complexity index is 456. The Morgan fingerprint density at radius 3 is 2.80 bits per heavy atom. The molecule has 0 atom stereocenters. The Hall–Kier alpha value is -1.75. The lowest BCUT2D eigenvalue weighted by molar-refractivity contribution is -0.123. The lowest BCUT2D eigenvalue weighted by Crippen LogP contribution is -2.25. The van der Waals surface area contributed by atoms with E-state index in [1.54, 1.807) is 25.3 Å². The highest BCUT2D eigenvalue weighted by Crippen LogP contribution is 2.26. The topological polar surface area (TPSA) is 73.6 Å². The number of ether oxygens (including phenoxy) is 2. The molecule has 5 nitrogen and oxygen atoms in total. The fraction of sp³-hybridized carbons (Fsp3) is 0.533. The molecule has 0 heterocycles. The molecule has 0 unspecified atom stereocenters. The van der Waals surface area contributed by atoms with Gasteiger partial charge in [0.1, 0.15) is 12.4 Å². The third kappa shape index (κ3) is 4.13. The van der Waals surface area contributed by atoms with E-state index in [2.05, 4.69) is 5.32 Å². The van der Waals surface area contributed by atoms with Gasteiger partial charge in [0.25, 0.3) is 0 Å². The first-order valence-corrected chi connectivity index (χ1v) is 7.04. The zero-order valence-corrected chi connectivity index (χ0v) is 11.9. The molecule has 1 aromatic rings. The summed E-state index contributed by atoms with van der Waals surface area (Å²) in [7, 11) is 1.56. The van der Waals surface area contributed by atoms with E-state index < -0.39 is 0 Å². The van der Waals surface area contributed by atoms with Crippen LogP contribution >= 0.6 is 0 Å². The molecule has 20 heavy (non-hydrogen) atoms. The fourth-order valence-electron chi connectivity index (χ4n) is 2.43. The summed E-state index contributed by atoms with van der Waals surface area (Å²) in [4.78, 5) is 11.9. The molecule has 1 fully saturated rings. The molecule has 0 spiro atoms. The lowest BCUT2D eigenvalue weighted by Gasteiger charge is -2.21. The van der Waals surface area contributed by atoms with Gasteiger partial charge >= 0.3 is 0 Å². The monoisotopic (exact) mass is 278 g/mol. The summed E-state index contributed by atoms with van der Waals surface area (Å²) in [5, 5.41) is 2.77. The van der Waals surface area contributed by atoms with Crippen LogP contribution in [-0.2, 0) is 9.53 Å². The Balaban J connectivity index is 1.86. The van der Waals surface area contributed by atoms with Gasteiger partial charge < -0.3 is 20.5 Å². The normalized spacial score (nSPS) is 15.8. The Morgan fingerprint density at radius 1 is 1.35 bits per heavy atom. The van der Waals surface area contributed by atoms with Crippen LogP contribution in [0.25, 0.3) is 0 Å². The minimum absolute atomic E-state index is 0.0720. The van der Waals surface area contributed by atoms with Crippen LogP contribution in [-0.4, -0.2) is 25.7 Å². The number of hydrogen-bond donors (Lipinski definition) is 2. The van der Waals surface area contributed by atoms with Crippen molar-refractivity contribution in [1.82, 2.24) is 0 Å². The number of nitrogens with two attached hydrogens (primary N) is 1. The van der Waals surface area contributed by atoms with Crippen LogP contribution in [0.1, 0.15) is 32.1 Å². The highest BCUT2D eigenvalue weighted by atomic mass is 16.5. The summed E-state index contributed by atoms with van der Waals surface area (Å²) in [5.41, 5.74) is 6.86. The maximum absolute atomic E-state index is 11.9. The number of rotatable bonds is 5. The van der Waals surface area contributed by atoms with Gasteiger partial charge in [-0.1, -0.05) is 19.3 Å². The molecule has 0 aliphatic heterocycles. The molecular formula is C15H22N2O3. The Labute approximate surface area is 119 Å². The average Bonchev–Trinajstić information content (AvgIpc) is 2.46. The molecule has 0 radical (unpaired) electrons.